The van der Waals surface area contributed by atoms with E-state index in [4.69, 9.17) is 4.74 Å². The number of ether oxygens (including phenoxy) is 1. The minimum absolute atomic E-state index is 0.720. The molecule has 0 aromatic heterocycles. The van der Waals surface area contributed by atoms with Crippen molar-refractivity contribution in [3.63, 3.8) is 0 Å². The van der Waals surface area contributed by atoms with Gasteiger partial charge in [-0.25, -0.2) is 0 Å². The van der Waals surface area contributed by atoms with E-state index in [0.717, 1.165) is 12.4 Å². The molecule has 0 aliphatic carbocycles. The quantitative estimate of drug-likeness (QED) is 0.697. The maximum absolute atomic E-state index is 5.47. The van der Waals surface area contributed by atoms with Gasteiger partial charge in [0.2, 0.25) is 0 Å². The van der Waals surface area contributed by atoms with E-state index in [0.29, 0.717) is 0 Å². The Morgan fingerprint density at radius 1 is 1.14 bits per heavy atom. The molecule has 0 unspecified atom stereocenters. The maximum atomic E-state index is 5.47. The van der Waals surface area contributed by atoms with Crippen LogP contribution in [0.2, 0.25) is 0 Å². The highest BCUT2D eigenvalue weighted by molar-refractivity contribution is 5.86. The van der Waals surface area contributed by atoms with Crippen molar-refractivity contribution in [1.29, 1.82) is 0 Å². The average Bonchev–Trinajstić information content (AvgIpc) is 2.20. The van der Waals surface area contributed by atoms with Gasteiger partial charge in [0.25, 0.3) is 0 Å². The smallest absolute Gasteiger partial charge is 0.119 e. The van der Waals surface area contributed by atoms with E-state index < -0.39 is 0 Å². The summed E-state index contributed by atoms with van der Waals surface area (Å²) in [5, 5.41) is 2.55. The minimum atomic E-state index is 0.720. The third-order valence-electron chi connectivity index (χ3n) is 2.38. The molecule has 0 aliphatic rings. The highest BCUT2D eigenvalue weighted by Gasteiger charge is 1.98. The second-order valence-corrected chi connectivity index (χ2v) is 3.39. The molecular formula is C13H14O. The summed E-state index contributed by atoms with van der Waals surface area (Å²) in [6.07, 6.45) is 0. The van der Waals surface area contributed by atoms with Gasteiger partial charge in [0.05, 0.1) is 6.61 Å². The first-order valence-corrected chi connectivity index (χ1v) is 4.93. The molecule has 0 bridgehead atoms. The Morgan fingerprint density at radius 2 is 2.00 bits per heavy atom. The maximum Gasteiger partial charge on any atom is 0.119 e. The van der Waals surface area contributed by atoms with Gasteiger partial charge in [-0.1, -0.05) is 24.3 Å². The van der Waals surface area contributed by atoms with Crippen LogP contribution in [-0.4, -0.2) is 6.61 Å². The Labute approximate surface area is 84.3 Å². The molecule has 0 fully saturated rings. The summed E-state index contributed by atoms with van der Waals surface area (Å²) in [6, 6.07) is 12.6. The monoisotopic (exact) mass is 186 g/mol. The zero-order chi connectivity index (χ0) is 9.97. The van der Waals surface area contributed by atoms with Crippen molar-refractivity contribution in [3.05, 3.63) is 42.0 Å². The van der Waals surface area contributed by atoms with Crippen LogP contribution < -0.4 is 4.74 Å². The summed E-state index contributed by atoms with van der Waals surface area (Å²) in [7, 11) is 0. The Bertz CT molecular complexity index is 446. The molecular weight excluding hydrogens is 172 g/mol. The number of rotatable bonds is 2. The molecule has 0 atom stereocenters. The van der Waals surface area contributed by atoms with Crippen molar-refractivity contribution in [2.45, 2.75) is 13.8 Å². The van der Waals surface area contributed by atoms with Gasteiger partial charge in [0, 0.05) is 0 Å². The number of benzene rings is 2. The molecule has 0 heterocycles. The molecule has 72 valence electrons. The predicted octanol–water partition coefficient (Wildman–Crippen LogP) is 3.55. The van der Waals surface area contributed by atoms with E-state index in [1.165, 1.54) is 16.3 Å². The topological polar surface area (TPSA) is 9.23 Å². The second kappa shape index (κ2) is 3.70. The standard InChI is InChI=1S/C13H14O/c1-3-14-12-8-7-11-6-4-5-10(2)13(11)9-12/h4-9H,3H2,1-2H3. The Balaban J connectivity index is 2.58. The predicted molar refractivity (Wildman–Crippen MR) is 59.9 cm³/mol. The molecule has 0 aliphatic heterocycles. The molecule has 1 nitrogen and oxygen atoms in total. The van der Waals surface area contributed by atoms with Gasteiger partial charge in [-0.2, -0.15) is 0 Å². The molecule has 2 aromatic rings. The molecule has 0 radical (unpaired) electrons. The van der Waals surface area contributed by atoms with Crippen molar-refractivity contribution in [1.82, 2.24) is 0 Å². The molecule has 0 saturated carbocycles. The molecule has 0 N–H and O–H groups in total. The first-order chi connectivity index (χ1) is 6.81. The van der Waals surface area contributed by atoms with Crippen LogP contribution >= 0.6 is 0 Å². The number of aryl methyl sites for hydroxylation is 1. The van der Waals surface area contributed by atoms with Crippen molar-refractivity contribution < 1.29 is 4.74 Å². The fourth-order valence-electron chi connectivity index (χ4n) is 1.66. The summed E-state index contributed by atoms with van der Waals surface area (Å²) in [5.41, 5.74) is 1.30. The average molecular weight is 186 g/mol. The van der Waals surface area contributed by atoms with Crippen LogP contribution in [-0.2, 0) is 0 Å². The molecule has 1 heteroatoms. The lowest BCUT2D eigenvalue weighted by Gasteiger charge is -2.06. The SMILES string of the molecule is CCOc1ccc2cccc(C)c2c1. The van der Waals surface area contributed by atoms with Crippen molar-refractivity contribution in [2.24, 2.45) is 0 Å². The minimum Gasteiger partial charge on any atom is -0.494 e. The van der Waals surface area contributed by atoms with Gasteiger partial charge in [-0.15, -0.1) is 0 Å². The summed E-state index contributed by atoms with van der Waals surface area (Å²) in [4.78, 5) is 0. The fourth-order valence-corrected chi connectivity index (χ4v) is 1.66. The Morgan fingerprint density at radius 3 is 2.79 bits per heavy atom. The molecule has 14 heavy (non-hydrogen) atoms. The van der Waals surface area contributed by atoms with Gasteiger partial charge in [0.15, 0.2) is 0 Å². The van der Waals surface area contributed by atoms with E-state index in [-0.39, 0.29) is 0 Å². The van der Waals surface area contributed by atoms with E-state index in [1.54, 1.807) is 0 Å². The summed E-state index contributed by atoms with van der Waals surface area (Å²) in [6.45, 7) is 4.84. The largest absolute Gasteiger partial charge is 0.494 e. The Hall–Kier alpha value is -1.50. The molecule has 2 rings (SSSR count). The number of fused-ring (bicyclic) bond motifs is 1. The summed E-state index contributed by atoms with van der Waals surface area (Å²) in [5.74, 6) is 0.953. The highest BCUT2D eigenvalue weighted by Crippen LogP contribution is 2.23. The zero-order valence-corrected chi connectivity index (χ0v) is 8.58. The van der Waals surface area contributed by atoms with Gasteiger partial charge in [-0.05, 0) is 42.3 Å². The van der Waals surface area contributed by atoms with Crippen LogP contribution in [0.5, 0.6) is 5.75 Å². The van der Waals surface area contributed by atoms with E-state index in [9.17, 15) is 0 Å². The van der Waals surface area contributed by atoms with E-state index >= 15 is 0 Å². The zero-order valence-electron chi connectivity index (χ0n) is 8.58. The first-order valence-electron chi connectivity index (χ1n) is 4.93. The van der Waals surface area contributed by atoms with Gasteiger partial charge < -0.3 is 4.74 Å². The van der Waals surface area contributed by atoms with Crippen molar-refractivity contribution in [3.8, 4) is 5.75 Å². The van der Waals surface area contributed by atoms with Gasteiger partial charge in [-0.3, -0.25) is 0 Å². The molecule has 0 amide bonds. The number of hydrogen-bond acceptors (Lipinski definition) is 1. The normalized spacial score (nSPS) is 10.4. The van der Waals surface area contributed by atoms with Crippen LogP contribution in [0.1, 0.15) is 12.5 Å². The molecule has 0 saturated heterocycles. The van der Waals surface area contributed by atoms with E-state index in [1.807, 2.05) is 13.0 Å². The van der Waals surface area contributed by atoms with Gasteiger partial charge >= 0.3 is 0 Å². The number of hydrogen-bond donors (Lipinski definition) is 0. The lowest BCUT2D eigenvalue weighted by atomic mass is 10.1. The lowest BCUT2D eigenvalue weighted by molar-refractivity contribution is 0.340. The second-order valence-electron chi connectivity index (χ2n) is 3.39. The van der Waals surface area contributed by atoms with Crippen LogP contribution in [0, 0.1) is 6.92 Å². The Kier molecular flexibility index (Phi) is 2.40. The van der Waals surface area contributed by atoms with Crippen LogP contribution in [0.15, 0.2) is 36.4 Å². The van der Waals surface area contributed by atoms with Gasteiger partial charge in [0.1, 0.15) is 5.75 Å². The lowest BCUT2D eigenvalue weighted by Crippen LogP contribution is -1.91. The molecule has 2 aromatic carbocycles. The van der Waals surface area contributed by atoms with E-state index in [2.05, 4.69) is 37.3 Å². The van der Waals surface area contributed by atoms with Crippen LogP contribution in [0.4, 0.5) is 0 Å². The van der Waals surface area contributed by atoms with Crippen molar-refractivity contribution in [2.75, 3.05) is 6.61 Å². The summed E-state index contributed by atoms with van der Waals surface area (Å²) >= 11 is 0. The third-order valence-corrected chi connectivity index (χ3v) is 2.38. The first kappa shape index (κ1) is 9.07. The fraction of sp³-hybridized carbons (Fsp3) is 0.231. The van der Waals surface area contributed by atoms with Crippen molar-refractivity contribution >= 4 is 10.8 Å². The summed E-state index contributed by atoms with van der Waals surface area (Å²) < 4.78 is 5.47. The third kappa shape index (κ3) is 1.58. The van der Waals surface area contributed by atoms with Crippen LogP contribution in [0.25, 0.3) is 10.8 Å². The molecule has 0 spiro atoms. The highest BCUT2D eigenvalue weighted by atomic mass is 16.5. The van der Waals surface area contributed by atoms with Crippen LogP contribution in [0.3, 0.4) is 0 Å².